The van der Waals surface area contributed by atoms with E-state index in [0.717, 1.165) is 12.7 Å². The highest BCUT2D eigenvalue weighted by atomic mass is 79.9. The Bertz CT molecular complexity index is 365. The van der Waals surface area contributed by atoms with Crippen LogP contribution < -0.4 is 9.62 Å². The Morgan fingerprint density at radius 3 is 3.07 bits per heavy atom. The zero-order chi connectivity index (χ0) is 9.54. The summed E-state index contributed by atoms with van der Waals surface area (Å²) in [4.78, 5) is 3.81. The summed E-state index contributed by atoms with van der Waals surface area (Å²) in [6.45, 7) is 0.971. The van der Waals surface area contributed by atoms with Crippen molar-refractivity contribution in [1.82, 2.24) is 4.72 Å². The highest BCUT2D eigenvalue weighted by Gasteiger charge is 2.32. The summed E-state index contributed by atoms with van der Waals surface area (Å²) in [5.41, 5.74) is 1.38. The molecule has 1 heterocycles. The molecule has 4 heteroatoms. The van der Waals surface area contributed by atoms with Crippen LogP contribution in [-0.4, -0.2) is 12.7 Å². The van der Waals surface area contributed by atoms with Crippen LogP contribution in [0.1, 0.15) is 12.8 Å². The van der Waals surface area contributed by atoms with Crippen LogP contribution in [0.3, 0.4) is 0 Å². The second kappa shape index (κ2) is 3.43. The maximum Gasteiger partial charge on any atom is 0.0781 e. The Morgan fingerprint density at radius 2 is 2.29 bits per heavy atom. The summed E-state index contributed by atoms with van der Waals surface area (Å²) < 4.78 is 4.53. The number of nitrogens with one attached hydrogen (secondary N) is 1. The molecule has 1 aliphatic heterocycles. The summed E-state index contributed by atoms with van der Waals surface area (Å²) in [7, 11) is 0. The topological polar surface area (TPSA) is 15.3 Å². The van der Waals surface area contributed by atoms with Crippen molar-refractivity contribution in [3.05, 3.63) is 22.7 Å². The molecule has 1 aromatic rings. The van der Waals surface area contributed by atoms with Crippen molar-refractivity contribution in [2.45, 2.75) is 23.8 Å². The number of benzene rings is 1. The van der Waals surface area contributed by atoms with E-state index in [9.17, 15) is 0 Å². The molecular formula is C10H11BrN2S. The van der Waals surface area contributed by atoms with Gasteiger partial charge in [-0.05, 0) is 43.0 Å². The molecule has 1 fully saturated rings. The van der Waals surface area contributed by atoms with Gasteiger partial charge in [0.2, 0.25) is 0 Å². The quantitative estimate of drug-likeness (QED) is 0.790. The van der Waals surface area contributed by atoms with Crippen molar-refractivity contribution in [2.75, 3.05) is 11.6 Å². The van der Waals surface area contributed by atoms with E-state index >= 15 is 0 Å². The number of rotatable bonds is 1. The van der Waals surface area contributed by atoms with Crippen molar-refractivity contribution in [3.63, 3.8) is 0 Å². The van der Waals surface area contributed by atoms with Gasteiger partial charge in [-0.2, -0.15) is 0 Å². The third kappa shape index (κ3) is 1.55. The second-order valence-corrected chi connectivity index (χ2v) is 5.57. The van der Waals surface area contributed by atoms with Crippen LogP contribution in [0.2, 0.25) is 0 Å². The average molecular weight is 271 g/mol. The van der Waals surface area contributed by atoms with Crippen molar-refractivity contribution < 1.29 is 0 Å². The standard InChI is InChI=1S/C10H11BrN2S/c11-7-1-4-10-9(5-7)13(6-12-14-10)8-2-3-8/h1,4-5,8,12H,2-3,6H2. The molecule has 0 saturated heterocycles. The molecule has 2 aliphatic rings. The summed E-state index contributed by atoms with van der Waals surface area (Å²) >= 11 is 5.26. The predicted octanol–water partition coefficient (Wildman–Crippen LogP) is 2.99. The Hall–Kier alpha value is -0.190. The molecule has 3 rings (SSSR count). The number of halogens is 1. The molecule has 74 valence electrons. The molecule has 14 heavy (non-hydrogen) atoms. The summed E-state index contributed by atoms with van der Waals surface area (Å²) in [6.07, 6.45) is 2.69. The van der Waals surface area contributed by atoms with Crippen LogP contribution in [-0.2, 0) is 0 Å². The van der Waals surface area contributed by atoms with Crippen molar-refractivity contribution >= 4 is 33.6 Å². The second-order valence-electron chi connectivity index (χ2n) is 3.72. The number of nitrogens with zero attached hydrogens (tertiary/aromatic N) is 1. The van der Waals surface area contributed by atoms with E-state index in [2.05, 4.69) is 43.8 Å². The largest absolute Gasteiger partial charge is 0.354 e. The lowest BCUT2D eigenvalue weighted by Crippen LogP contribution is -2.36. The van der Waals surface area contributed by atoms with Crippen molar-refractivity contribution in [1.29, 1.82) is 0 Å². The molecule has 0 unspecified atom stereocenters. The van der Waals surface area contributed by atoms with Gasteiger partial charge in [-0.3, -0.25) is 0 Å². The summed E-state index contributed by atoms with van der Waals surface area (Å²) in [6, 6.07) is 7.27. The third-order valence-corrected chi connectivity index (χ3v) is 3.97. The van der Waals surface area contributed by atoms with E-state index < -0.39 is 0 Å². The zero-order valence-corrected chi connectivity index (χ0v) is 10.1. The fraction of sp³-hybridized carbons (Fsp3) is 0.400. The summed E-state index contributed by atoms with van der Waals surface area (Å²) in [5, 5.41) is 0. The van der Waals surface area contributed by atoms with Crippen molar-refractivity contribution in [3.8, 4) is 0 Å². The Labute approximate surface area is 96.3 Å². The van der Waals surface area contributed by atoms with Crippen LogP contribution in [0.15, 0.2) is 27.6 Å². The monoisotopic (exact) mass is 270 g/mol. The van der Waals surface area contributed by atoms with E-state index in [1.165, 1.54) is 27.9 Å². The van der Waals surface area contributed by atoms with Crippen LogP contribution >= 0.6 is 27.9 Å². The molecule has 2 nitrogen and oxygen atoms in total. The van der Waals surface area contributed by atoms with Gasteiger partial charge >= 0.3 is 0 Å². The zero-order valence-electron chi connectivity index (χ0n) is 7.66. The lowest BCUT2D eigenvalue weighted by molar-refractivity contribution is 0.754. The van der Waals surface area contributed by atoms with Gasteiger partial charge in [-0.15, -0.1) is 0 Å². The highest BCUT2D eigenvalue weighted by molar-refractivity contribution is 9.10. The van der Waals surface area contributed by atoms with E-state index in [0.29, 0.717) is 0 Å². The molecule has 0 spiro atoms. The van der Waals surface area contributed by atoms with E-state index in [1.807, 2.05) is 0 Å². The smallest absolute Gasteiger partial charge is 0.0781 e. The molecule has 0 bridgehead atoms. The normalized spacial score (nSPS) is 20.8. The lowest BCUT2D eigenvalue weighted by Gasteiger charge is -2.31. The molecule has 1 N–H and O–H groups in total. The highest BCUT2D eigenvalue weighted by Crippen LogP contribution is 2.40. The molecule has 0 amide bonds. The Kier molecular flexibility index (Phi) is 2.22. The molecule has 0 radical (unpaired) electrons. The molecule has 0 aromatic heterocycles. The number of hydrogen-bond acceptors (Lipinski definition) is 3. The maximum atomic E-state index is 3.53. The van der Waals surface area contributed by atoms with E-state index in [-0.39, 0.29) is 0 Å². The van der Waals surface area contributed by atoms with Gasteiger partial charge in [0, 0.05) is 15.4 Å². The number of fused-ring (bicyclic) bond motifs is 1. The first-order chi connectivity index (χ1) is 6.84. The minimum atomic E-state index is 0.774. The van der Waals surface area contributed by atoms with Gasteiger partial charge in [0.05, 0.1) is 12.4 Å². The minimum absolute atomic E-state index is 0.774. The maximum absolute atomic E-state index is 3.53. The average Bonchev–Trinajstić information content (AvgIpc) is 3.00. The van der Waals surface area contributed by atoms with Gasteiger partial charge in [0.25, 0.3) is 0 Å². The Morgan fingerprint density at radius 1 is 1.43 bits per heavy atom. The van der Waals surface area contributed by atoms with E-state index in [1.54, 1.807) is 11.9 Å². The van der Waals surface area contributed by atoms with Gasteiger partial charge in [-0.1, -0.05) is 15.9 Å². The number of hydrogen-bond donors (Lipinski definition) is 1. The predicted molar refractivity (Wildman–Crippen MR) is 63.5 cm³/mol. The molecule has 0 atom stereocenters. The van der Waals surface area contributed by atoms with Crippen LogP contribution in [0, 0.1) is 0 Å². The SMILES string of the molecule is Brc1ccc2c(c1)N(C1CC1)CNS2. The molecular weight excluding hydrogens is 260 g/mol. The third-order valence-electron chi connectivity index (χ3n) is 2.64. The number of anilines is 1. The Balaban J connectivity index is 2.02. The van der Waals surface area contributed by atoms with Crippen LogP contribution in [0.25, 0.3) is 0 Å². The van der Waals surface area contributed by atoms with Crippen LogP contribution in [0.4, 0.5) is 5.69 Å². The first-order valence-corrected chi connectivity index (χ1v) is 6.41. The molecule has 1 aliphatic carbocycles. The van der Waals surface area contributed by atoms with Crippen molar-refractivity contribution in [2.24, 2.45) is 0 Å². The molecule has 1 saturated carbocycles. The van der Waals surface area contributed by atoms with E-state index in [4.69, 9.17) is 0 Å². The lowest BCUT2D eigenvalue weighted by atomic mass is 10.3. The van der Waals surface area contributed by atoms with Gasteiger partial charge in [0.15, 0.2) is 0 Å². The first kappa shape index (κ1) is 9.07. The van der Waals surface area contributed by atoms with Gasteiger partial charge in [0.1, 0.15) is 0 Å². The fourth-order valence-electron chi connectivity index (χ4n) is 1.78. The first-order valence-electron chi connectivity index (χ1n) is 4.80. The summed E-state index contributed by atoms with van der Waals surface area (Å²) in [5.74, 6) is 0. The van der Waals surface area contributed by atoms with Gasteiger partial charge < -0.3 is 4.90 Å². The van der Waals surface area contributed by atoms with Crippen LogP contribution in [0.5, 0.6) is 0 Å². The molecule has 1 aromatic carbocycles. The minimum Gasteiger partial charge on any atom is -0.354 e. The van der Waals surface area contributed by atoms with Gasteiger partial charge in [-0.25, -0.2) is 4.72 Å². The fourth-order valence-corrected chi connectivity index (χ4v) is 2.90.